The molecular weight excluding hydrogens is 312 g/mol. The maximum absolute atomic E-state index is 9.28. The number of aromatic nitrogens is 2. The monoisotopic (exact) mass is 332 g/mol. The maximum Gasteiger partial charge on any atom is 0.176 e. The Hall–Kier alpha value is -2.84. The van der Waals surface area contributed by atoms with Gasteiger partial charge in [0, 0.05) is 31.0 Å². The molecule has 5 heteroatoms. The van der Waals surface area contributed by atoms with Gasteiger partial charge >= 0.3 is 0 Å². The summed E-state index contributed by atoms with van der Waals surface area (Å²) >= 11 is 0. The van der Waals surface area contributed by atoms with E-state index in [1.54, 1.807) is 6.07 Å². The molecule has 3 aromatic rings. The third-order valence-electron chi connectivity index (χ3n) is 4.80. The molecule has 1 aliphatic rings. The van der Waals surface area contributed by atoms with E-state index in [2.05, 4.69) is 27.6 Å². The van der Waals surface area contributed by atoms with E-state index >= 15 is 0 Å². The zero-order valence-corrected chi connectivity index (χ0v) is 14.2. The molecule has 0 bridgehead atoms. The Labute approximate surface area is 147 Å². The quantitative estimate of drug-likeness (QED) is 0.732. The molecule has 0 unspecified atom stereocenters. The average molecular weight is 332 g/mol. The third-order valence-corrected chi connectivity index (χ3v) is 4.80. The van der Waals surface area contributed by atoms with Crippen LogP contribution in [0.15, 0.2) is 53.2 Å². The molecule has 0 amide bonds. The van der Waals surface area contributed by atoms with E-state index in [0.29, 0.717) is 17.2 Å². The first-order valence-electron chi connectivity index (χ1n) is 8.54. The lowest BCUT2D eigenvalue weighted by Gasteiger charge is -2.12. The molecule has 3 heterocycles. The van der Waals surface area contributed by atoms with Crippen LogP contribution >= 0.6 is 0 Å². The highest BCUT2D eigenvalue weighted by Gasteiger charge is 2.21. The molecule has 0 saturated carbocycles. The molecule has 1 saturated heterocycles. The van der Waals surface area contributed by atoms with Crippen molar-refractivity contribution in [2.75, 3.05) is 20.1 Å². The Bertz CT molecular complexity index is 918. The molecule has 0 N–H and O–H groups in total. The van der Waals surface area contributed by atoms with Gasteiger partial charge < -0.3 is 13.9 Å². The number of hydrogen-bond donors (Lipinski definition) is 0. The topological polar surface area (TPSA) is 58.0 Å². The lowest BCUT2D eigenvalue weighted by molar-refractivity contribution is 0.378. The second-order valence-electron chi connectivity index (χ2n) is 6.64. The normalized spacial score (nSPS) is 17.7. The third kappa shape index (κ3) is 3.09. The molecule has 2 aromatic heterocycles. The van der Waals surface area contributed by atoms with Crippen molar-refractivity contribution in [1.82, 2.24) is 14.5 Å². The molecular formula is C20H20N4O. The average Bonchev–Trinajstić information content (AvgIpc) is 3.36. The number of imidazole rings is 1. The van der Waals surface area contributed by atoms with Gasteiger partial charge in [-0.05, 0) is 50.2 Å². The van der Waals surface area contributed by atoms with E-state index in [9.17, 15) is 5.26 Å². The Morgan fingerprint density at radius 1 is 1.24 bits per heavy atom. The van der Waals surface area contributed by atoms with Crippen molar-refractivity contribution in [2.45, 2.75) is 13.0 Å². The zero-order valence-electron chi connectivity index (χ0n) is 14.2. The summed E-state index contributed by atoms with van der Waals surface area (Å²) in [6.07, 6.45) is 5.05. The Balaban J connectivity index is 1.61. The molecule has 1 atom stereocenters. The molecule has 4 rings (SSSR count). The van der Waals surface area contributed by atoms with Gasteiger partial charge in [0.2, 0.25) is 0 Å². The van der Waals surface area contributed by atoms with Crippen molar-refractivity contribution in [1.29, 1.82) is 5.26 Å². The molecule has 1 fully saturated rings. The van der Waals surface area contributed by atoms with Crippen molar-refractivity contribution in [3.63, 3.8) is 0 Å². The first-order chi connectivity index (χ1) is 12.2. The summed E-state index contributed by atoms with van der Waals surface area (Å²) in [6.45, 7) is 3.23. The number of nitriles is 1. The number of benzene rings is 1. The van der Waals surface area contributed by atoms with Gasteiger partial charge in [0.15, 0.2) is 11.6 Å². The molecule has 0 radical (unpaired) electrons. The van der Waals surface area contributed by atoms with Crippen molar-refractivity contribution in [2.24, 2.45) is 5.92 Å². The van der Waals surface area contributed by atoms with E-state index in [1.807, 2.05) is 42.7 Å². The highest BCUT2D eigenvalue weighted by atomic mass is 16.3. The van der Waals surface area contributed by atoms with Crippen LogP contribution in [0.4, 0.5) is 0 Å². The van der Waals surface area contributed by atoms with Crippen LogP contribution in [-0.2, 0) is 6.54 Å². The van der Waals surface area contributed by atoms with Crippen molar-refractivity contribution >= 4 is 0 Å². The van der Waals surface area contributed by atoms with Crippen LogP contribution in [0.3, 0.4) is 0 Å². The predicted molar refractivity (Wildman–Crippen MR) is 95.7 cm³/mol. The van der Waals surface area contributed by atoms with Crippen molar-refractivity contribution < 1.29 is 4.42 Å². The molecule has 0 aliphatic carbocycles. The number of rotatable bonds is 4. The lowest BCUT2D eigenvalue weighted by Crippen LogP contribution is -2.17. The highest BCUT2D eigenvalue weighted by Crippen LogP contribution is 2.30. The van der Waals surface area contributed by atoms with E-state index in [-0.39, 0.29) is 0 Å². The second kappa shape index (κ2) is 6.58. The van der Waals surface area contributed by atoms with Crippen LogP contribution in [0.5, 0.6) is 0 Å². The van der Waals surface area contributed by atoms with Crippen LogP contribution < -0.4 is 0 Å². The van der Waals surface area contributed by atoms with Gasteiger partial charge in [0.1, 0.15) is 5.76 Å². The zero-order chi connectivity index (χ0) is 17.2. The number of hydrogen-bond acceptors (Lipinski definition) is 4. The van der Waals surface area contributed by atoms with E-state index in [4.69, 9.17) is 4.42 Å². The van der Waals surface area contributed by atoms with Crippen LogP contribution in [0.1, 0.15) is 12.0 Å². The Kier molecular flexibility index (Phi) is 4.12. The van der Waals surface area contributed by atoms with Gasteiger partial charge in [-0.2, -0.15) is 5.26 Å². The summed E-state index contributed by atoms with van der Waals surface area (Å²) in [5.41, 5.74) is 1.42. The SMILES string of the molecule is CN1CC[C@@H](Cn2ccnc2-c2ccc(-c3ccccc3C#N)o2)C1. The van der Waals surface area contributed by atoms with Gasteiger partial charge in [-0.1, -0.05) is 12.1 Å². The van der Waals surface area contributed by atoms with Gasteiger partial charge in [-0.15, -0.1) is 0 Å². The molecule has 1 aliphatic heterocycles. The number of likely N-dealkylation sites (tertiary alicyclic amines) is 1. The van der Waals surface area contributed by atoms with Crippen LogP contribution in [-0.4, -0.2) is 34.6 Å². The van der Waals surface area contributed by atoms with Crippen molar-refractivity contribution in [3.8, 4) is 29.0 Å². The second-order valence-corrected chi connectivity index (χ2v) is 6.64. The predicted octanol–water partition coefficient (Wildman–Crippen LogP) is 3.63. The summed E-state index contributed by atoms with van der Waals surface area (Å²) in [7, 11) is 2.17. The largest absolute Gasteiger partial charge is 0.453 e. The maximum atomic E-state index is 9.28. The summed E-state index contributed by atoms with van der Waals surface area (Å²) in [4.78, 5) is 6.85. The highest BCUT2D eigenvalue weighted by molar-refractivity contribution is 5.68. The minimum absolute atomic E-state index is 0.612. The van der Waals surface area contributed by atoms with Crippen LogP contribution in [0.25, 0.3) is 22.9 Å². The van der Waals surface area contributed by atoms with Crippen molar-refractivity contribution in [3.05, 3.63) is 54.4 Å². The first-order valence-corrected chi connectivity index (χ1v) is 8.54. The van der Waals surface area contributed by atoms with Gasteiger partial charge in [0.25, 0.3) is 0 Å². The Morgan fingerprint density at radius 3 is 2.88 bits per heavy atom. The van der Waals surface area contributed by atoms with Crippen LogP contribution in [0, 0.1) is 17.2 Å². The van der Waals surface area contributed by atoms with Crippen LogP contribution in [0.2, 0.25) is 0 Å². The van der Waals surface area contributed by atoms with Gasteiger partial charge in [0.05, 0.1) is 11.6 Å². The van der Waals surface area contributed by atoms with E-state index in [0.717, 1.165) is 36.8 Å². The fourth-order valence-electron chi connectivity index (χ4n) is 3.53. The van der Waals surface area contributed by atoms with Gasteiger partial charge in [-0.3, -0.25) is 0 Å². The number of nitrogens with zero attached hydrogens (tertiary/aromatic N) is 4. The first kappa shape index (κ1) is 15.7. The molecule has 5 nitrogen and oxygen atoms in total. The minimum atomic E-state index is 0.612. The molecule has 0 spiro atoms. The fourth-order valence-corrected chi connectivity index (χ4v) is 3.53. The fraction of sp³-hybridized carbons (Fsp3) is 0.300. The van der Waals surface area contributed by atoms with E-state index < -0.39 is 0 Å². The lowest BCUT2D eigenvalue weighted by atomic mass is 10.1. The summed E-state index contributed by atoms with van der Waals surface area (Å²) in [5.74, 6) is 2.92. The van der Waals surface area contributed by atoms with E-state index in [1.165, 1.54) is 6.42 Å². The summed E-state index contributed by atoms with van der Waals surface area (Å²) < 4.78 is 8.21. The summed E-state index contributed by atoms with van der Waals surface area (Å²) in [6, 6.07) is 13.5. The smallest absolute Gasteiger partial charge is 0.176 e. The molecule has 126 valence electrons. The molecule has 25 heavy (non-hydrogen) atoms. The minimum Gasteiger partial charge on any atom is -0.453 e. The standard InChI is InChI=1S/C20H20N4O/c1-23-10-8-15(13-23)14-24-11-9-22-20(24)19-7-6-18(25-19)17-5-3-2-4-16(17)12-21/h2-7,9,11,15H,8,10,13-14H2,1H3/t15-/m1/s1. The summed E-state index contributed by atoms with van der Waals surface area (Å²) in [5, 5.41) is 9.28. The van der Waals surface area contributed by atoms with Gasteiger partial charge in [-0.25, -0.2) is 4.98 Å². The Morgan fingerprint density at radius 2 is 2.08 bits per heavy atom. The molecule has 1 aromatic carbocycles. The number of furan rings is 1.